The summed E-state index contributed by atoms with van der Waals surface area (Å²) in [5.41, 5.74) is 6.16. The van der Waals surface area contributed by atoms with Gasteiger partial charge in [-0.1, -0.05) is 23.8 Å². The van der Waals surface area contributed by atoms with E-state index in [0.29, 0.717) is 12.1 Å². The van der Waals surface area contributed by atoms with E-state index in [0.717, 1.165) is 40.1 Å². The van der Waals surface area contributed by atoms with Crippen molar-refractivity contribution in [3.05, 3.63) is 83.0 Å². The van der Waals surface area contributed by atoms with Crippen LogP contribution in [-0.4, -0.2) is 23.5 Å². The zero-order chi connectivity index (χ0) is 18.8. The van der Waals surface area contributed by atoms with Crippen LogP contribution in [0.5, 0.6) is 5.75 Å². The number of hydrogen-bond acceptors (Lipinski definition) is 3. The van der Waals surface area contributed by atoms with E-state index < -0.39 is 0 Å². The third-order valence-electron chi connectivity index (χ3n) is 4.86. The molecule has 0 saturated carbocycles. The molecule has 2 aromatic carbocycles. The van der Waals surface area contributed by atoms with Gasteiger partial charge in [0.2, 0.25) is 0 Å². The molecular formula is C23H22N2O2. The van der Waals surface area contributed by atoms with E-state index in [4.69, 9.17) is 4.74 Å². The number of ether oxygens (including phenoxy) is 1. The summed E-state index contributed by atoms with van der Waals surface area (Å²) in [7, 11) is 0. The first-order chi connectivity index (χ1) is 13.1. The molecule has 0 saturated heterocycles. The number of aryl methyl sites for hydroxylation is 2. The number of benzene rings is 2. The molecule has 1 aliphatic rings. The third kappa shape index (κ3) is 3.70. The molecule has 4 rings (SSSR count). The maximum atomic E-state index is 12.3. The highest BCUT2D eigenvalue weighted by molar-refractivity contribution is 5.94. The second kappa shape index (κ2) is 7.23. The van der Waals surface area contributed by atoms with Gasteiger partial charge in [0, 0.05) is 23.7 Å². The number of carbonyl (C=O) groups is 1. The Hall–Kier alpha value is -3.14. The molecule has 0 spiro atoms. The molecule has 0 unspecified atom stereocenters. The largest absolute Gasteiger partial charge is 0.488 e. The molecule has 4 heteroatoms. The van der Waals surface area contributed by atoms with Crippen LogP contribution in [0.2, 0.25) is 0 Å². The van der Waals surface area contributed by atoms with Crippen LogP contribution in [0.1, 0.15) is 27.0 Å². The molecule has 1 amide bonds. The van der Waals surface area contributed by atoms with Crippen LogP contribution in [0, 0.1) is 13.8 Å². The molecule has 0 fully saturated rings. The number of amides is 1. The lowest BCUT2D eigenvalue weighted by atomic mass is 10.0. The maximum Gasteiger partial charge on any atom is 0.251 e. The zero-order valence-corrected chi connectivity index (χ0v) is 15.5. The molecule has 1 atom stereocenters. The normalized spacial score (nSPS) is 15.1. The smallest absolute Gasteiger partial charge is 0.251 e. The van der Waals surface area contributed by atoms with Crippen molar-refractivity contribution in [1.82, 2.24) is 10.3 Å². The molecule has 1 aromatic heterocycles. The minimum Gasteiger partial charge on any atom is -0.488 e. The lowest BCUT2D eigenvalue weighted by Gasteiger charge is -2.12. The van der Waals surface area contributed by atoms with Crippen molar-refractivity contribution in [2.75, 3.05) is 6.54 Å². The first-order valence-electron chi connectivity index (χ1n) is 9.16. The lowest BCUT2D eigenvalue weighted by Crippen LogP contribution is -2.34. The minimum atomic E-state index is -0.0666. The molecule has 4 nitrogen and oxygen atoms in total. The number of nitrogens with zero attached hydrogens (tertiary/aromatic N) is 1. The second-order valence-corrected chi connectivity index (χ2v) is 7.01. The molecule has 1 aliphatic heterocycles. The highest BCUT2D eigenvalue weighted by Gasteiger charge is 2.24. The van der Waals surface area contributed by atoms with Gasteiger partial charge in [0.25, 0.3) is 5.91 Å². The monoisotopic (exact) mass is 358 g/mol. The number of fused-ring (bicyclic) bond motifs is 1. The Balaban J connectivity index is 1.42. The molecule has 136 valence electrons. The Bertz CT molecular complexity index is 997. The van der Waals surface area contributed by atoms with Gasteiger partial charge in [-0.3, -0.25) is 9.78 Å². The van der Waals surface area contributed by atoms with Gasteiger partial charge in [0.05, 0.1) is 12.2 Å². The summed E-state index contributed by atoms with van der Waals surface area (Å²) in [5, 5.41) is 2.98. The number of rotatable bonds is 4. The summed E-state index contributed by atoms with van der Waals surface area (Å²) in [4.78, 5) is 16.8. The highest BCUT2D eigenvalue weighted by Crippen LogP contribution is 2.33. The van der Waals surface area contributed by atoms with Gasteiger partial charge in [0.15, 0.2) is 0 Å². The third-order valence-corrected chi connectivity index (χ3v) is 4.86. The van der Waals surface area contributed by atoms with Crippen LogP contribution in [0.25, 0.3) is 11.3 Å². The Morgan fingerprint density at radius 3 is 2.85 bits per heavy atom. The molecule has 3 aromatic rings. The zero-order valence-electron chi connectivity index (χ0n) is 15.5. The number of aromatic nitrogens is 1. The highest BCUT2D eigenvalue weighted by atomic mass is 16.5. The number of nitrogens with one attached hydrogen (secondary N) is 1. The van der Waals surface area contributed by atoms with Crippen molar-refractivity contribution < 1.29 is 9.53 Å². The van der Waals surface area contributed by atoms with Gasteiger partial charge < -0.3 is 10.1 Å². The second-order valence-electron chi connectivity index (χ2n) is 7.01. The molecule has 2 heterocycles. The summed E-state index contributed by atoms with van der Waals surface area (Å²) in [6, 6.07) is 17.8. The average Bonchev–Trinajstić information content (AvgIpc) is 3.08. The SMILES string of the molecule is Cc1cccc(C(=O)NC[C@H]2Cc3cc(-c4ncccc4C)ccc3O2)c1. The van der Waals surface area contributed by atoms with Gasteiger partial charge in [-0.2, -0.15) is 0 Å². The first-order valence-corrected chi connectivity index (χ1v) is 9.16. The first kappa shape index (κ1) is 17.3. The quantitative estimate of drug-likeness (QED) is 0.764. The fourth-order valence-corrected chi connectivity index (χ4v) is 3.46. The summed E-state index contributed by atoms with van der Waals surface area (Å²) in [6.45, 7) is 4.53. The molecule has 0 aliphatic carbocycles. The van der Waals surface area contributed by atoms with Gasteiger partial charge in [-0.05, 0) is 61.4 Å². The number of carbonyl (C=O) groups excluding carboxylic acids is 1. The molecule has 1 N–H and O–H groups in total. The van der Waals surface area contributed by atoms with Gasteiger partial charge in [-0.25, -0.2) is 0 Å². The van der Waals surface area contributed by atoms with Crippen LogP contribution in [-0.2, 0) is 6.42 Å². The van der Waals surface area contributed by atoms with E-state index in [9.17, 15) is 4.79 Å². The maximum absolute atomic E-state index is 12.3. The van der Waals surface area contributed by atoms with Crippen molar-refractivity contribution in [3.63, 3.8) is 0 Å². The fraction of sp³-hybridized carbons (Fsp3) is 0.217. The van der Waals surface area contributed by atoms with Crippen molar-refractivity contribution in [3.8, 4) is 17.0 Å². The van der Waals surface area contributed by atoms with E-state index in [-0.39, 0.29) is 12.0 Å². The van der Waals surface area contributed by atoms with Gasteiger partial charge in [-0.15, -0.1) is 0 Å². The summed E-state index contributed by atoms with van der Waals surface area (Å²) >= 11 is 0. The molecule has 0 bridgehead atoms. The summed E-state index contributed by atoms with van der Waals surface area (Å²) in [5.74, 6) is 0.824. The van der Waals surface area contributed by atoms with E-state index >= 15 is 0 Å². The van der Waals surface area contributed by atoms with Crippen molar-refractivity contribution in [2.24, 2.45) is 0 Å². The van der Waals surface area contributed by atoms with Crippen LogP contribution in [0.3, 0.4) is 0 Å². The van der Waals surface area contributed by atoms with Crippen molar-refractivity contribution in [1.29, 1.82) is 0 Å². The molecular weight excluding hydrogens is 336 g/mol. The summed E-state index contributed by atoms with van der Waals surface area (Å²) in [6.07, 6.45) is 2.55. The Labute approximate surface area is 159 Å². The predicted molar refractivity (Wildman–Crippen MR) is 106 cm³/mol. The predicted octanol–water partition coefficient (Wildman–Crippen LogP) is 4.10. The van der Waals surface area contributed by atoms with Gasteiger partial charge >= 0.3 is 0 Å². The Morgan fingerprint density at radius 1 is 1.15 bits per heavy atom. The van der Waals surface area contributed by atoms with E-state index in [1.54, 1.807) is 0 Å². The Kier molecular flexibility index (Phi) is 4.63. The topological polar surface area (TPSA) is 51.2 Å². The number of pyridine rings is 1. The fourth-order valence-electron chi connectivity index (χ4n) is 3.46. The Morgan fingerprint density at radius 2 is 2.04 bits per heavy atom. The standard InChI is InChI=1S/C23H22N2O2/c1-15-5-3-7-18(11-15)23(26)25-14-20-13-19-12-17(8-9-21(19)27-20)22-16(2)6-4-10-24-22/h3-12,20H,13-14H2,1-2H3,(H,25,26)/t20-/m1/s1. The number of hydrogen-bond donors (Lipinski definition) is 1. The molecule has 27 heavy (non-hydrogen) atoms. The van der Waals surface area contributed by atoms with Crippen LogP contribution in [0.15, 0.2) is 60.8 Å². The summed E-state index contributed by atoms with van der Waals surface area (Å²) < 4.78 is 6.00. The molecule has 0 radical (unpaired) electrons. The van der Waals surface area contributed by atoms with E-state index in [1.807, 2.05) is 55.6 Å². The van der Waals surface area contributed by atoms with Crippen molar-refractivity contribution in [2.45, 2.75) is 26.4 Å². The van der Waals surface area contributed by atoms with E-state index in [1.165, 1.54) is 0 Å². The van der Waals surface area contributed by atoms with Crippen LogP contribution < -0.4 is 10.1 Å². The minimum absolute atomic E-state index is 0.0474. The van der Waals surface area contributed by atoms with E-state index in [2.05, 4.69) is 29.4 Å². The van der Waals surface area contributed by atoms with Crippen molar-refractivity contribution >= 4 is 5.91 Å². The lowest BCUT2D eigenvalue weighted by molar-refractivity contribution is 0.0933. The van der Waals surface area contributed by atoms with Crippen LogP contribution in [0.4, 0.5) is 0 Å². The van der Waals surface area contributed by atoms with Gasteiger partial charge in [0.1, 0.15) is 11.9 Å². The average molecular weight is 358 g/mol. The van der Waals surface area contributed by atoms with Crippen LogP contribution >= 0.6 is 0 Å².